The third-order valence-electron chi connectivity index (χ3n) is 5.37. The number of amidine groups is 1. The topological polar surface area (TPSA) is 35.7 Å². The third kappa shape index (κ3) is 3.03. The molecule has 2 aliphatic heterocycles. The first-order valence-electron chi connectivity index (χ1n) is 9.15. The van der Waals surface area contributed by atoms with Crippen LogP contribution < -0.4 is 9.64 Å². The van der Waals surface area contributed by atoms with Crippen LogP contribution in [-0.4, -0.2) is 35.7 Å². The SMILES string of the molecule is COc1ccc(N2C3=[N+](CCCCC3)C[C@@]2(O)c2ccc(Br)cc2)cc1. The van der Waals surface area contributed by atoms with Crippen molar-refractivity contribution in [2.45, 2.75) is 31.4 Å². The van der Waals surface area contributed by atoms with Crippen molar-refractivity contribution in [2.75, 3.05) is 25.1 Å². The molecule has 2 aliphatic rings. The van der Waals surface area contributed by atoms with Crippen molar-refractivity contribution >= 4 is 27.5 Å². The van der Waals surface area contributed by atoms with E-state index in [-0.39, 0.29) is 0 Å². The van der Waals surface area contributed by atoms with Crippen LogP contribution in [0.5, 0.6) is 5.75 Å². The Balaban J connectivity index is 1.81. The van der Waals surface area contributed by atoms with E-state index in [1.807, 2.05) is 48.5 Å². The van der Waals surface area contributed by atoms with Crippen molar-refractivity contribution in [1.82, 2.24) is 0 Å². The molecule has 0 bridgehead atoms. The highest BCUT2D eigenvalue weighted by Crippen LogP contribution is 2.38. The van der Waals surface area contributed by atoms with Gasteiger partial charge in [0.15, 0.2) is 6.54 Å². The first-order chi connectivity index (χ1) is 12.6. The van der Waals surface area contributed by atoms with E-state index in [0.29, 0.717) is 6.54 Å². The maximum Gasteiger partial charge on any atom is 0.275 e. The van der Waals surface area contributed by atoms with Gasteiger partial charge in [0.2, 0.25) is 0 Å². The predicted molar refractivity (Wildman–Crippen MR) is 107 cm³/mol. The minimum absolute atomic E-state index is 0.593. The van der Waals surface area contributed by atoms with E-state index >= 15 is 0 Å². The molecule has 136 valence electrons. The van der Waals surface area contributed by atoms with Gasteiger partial charge in [-0.15, -0.1) is 0 Å². The highest BCUT2D eigenvalue weighted by atomic mass is 79.9. The van der Waals surface area contributed by atoms with Gasteiger partial charge in [0.25, 0.3) is 11.6 Å². The molecule has 0 aliphatic carbocycles. The summed E-state index contributed by atoms with van der Waals surface area (Å²) in [6.45, 7) is 1.59. The molecule has 0 amide bonds. The number of hydrogen-bond acceptors (Lipinski definition) is 3. The van der Waals surface area contributed by atoms with E-state index in [0.717, 1.165) is 40.9 Å². The van der Waals surface area contributed by atoms with Crippen LogP contribution in [0.15, 0.2) is 53.0 Å². The molecule has 0 radical (unpaired) electrons. The van der Waals surface area contributed by atoms with Crippen LogP contribution in [0.3, 0.4) is 0 Å². The van der Waals surface area contributed by atoms with Gasteiger partial charge in [-0.2, -0.15) is 4.90 Å². The Morgan fingerprint density at radius 2 is 1.77 bits per heavy atom. The number of methoxy groups -OCH3 is 1. The van der Waals surface area contributed by atoms with Gasteiger partial charge in [0.1, 0.15) is 11.4 Å². The first kappa shape index (κ1) is 17.6. The number of rotatable bonds is 3. The summed E-state index contributed by atoms with van der Waals surface area (Å²) in [5.41, 5.74) is 0.842. The average Bonchev–Trinajstić information content (AvgIpc) is 2.79. The summed E-state index contributed by atoms with van der Waals surface area (Å²) in [4.78, 5) is 2.13. The molecule has 0 unspecified atom stereocenters. The lowest BCUT2D eigenvalue weighted by atomic mass is 10.00. The number of hydrogen-bond donors (Lipinski definition) is 1. The largest absolute Gasteiger partial charge is 0.497 e. The molecule has 2 heterocycles. The Bertz CT molecular complexity index is 817. The third-order valence-corrected chi connectivity index (χ3v) is 5.90. The molecule has 2 aromatic carbocycles. The van der Waals surface area contributed by atoms with Gasteiger partial charge in [-0.3, -0.25) is 4.58 Å². The van der Waals surface area contributed by atoms with Crippen LogP contribution in [0.25, 0.3) is 0 Å². The van der Waals surface area contributed by atoms with Crippen LogP contribution in [0.1, 0.15) is 31.2 Å². The van der Waals surface area contributed by atoms with Gasteiger partial charge in [-0.25, -0.2) is 0 Å². The number of ether oxygens (including phenoxy) is 1. The van der Waals surface area contributed by atoms with E-state index in [2.05, 4.69) is 25.4 Å². The van der Waals surface area contributed by atoms with Gasteiger partial charge < -0.3 is 9.84 Å². The normalized spacial score (nSPS) is 23.0. The second kappa shape index (κ2) is 7.05. The summed E-state index contributed by atoms with van der Waals surface area (Å²) in [6.07, 6.45) is 4.57. The molecule has 0 fully saturated rings. The Labute approximate surface area is 162 Å². The zero-order chi connectivity index (χ0) is 18.1. The fourth-order valence-corrected chi connectivity index (χ4v) is 4.32. The van der Waals surface area contributed by atoms with Gasteiger partial charge >= 0.3 is 0 Å². The number of anilines is 1. The monoisotopic (exact) mass is 415 g/mol. The molecule has 4 rings (SSSR count). The molecule has 26 heavy (non-hydrogen) atoms. The van der Waals surface area contributed by atoms with Crippen molar-refractivity contribution in [1.29, 1.82) is 0 Å². The molecule has 5 heteroatoms. The average molecular weight is 416 g/mol. The summed E-state index contributed by atoms with van der Waals surface area (Å²) in [5.74, 6) is 2.04. The molecular formula is C21H24BrN2O2+. The lowest BCUT2D eigenvalue weighted by molar-refractivity contribution is -0.534. The van der Waals surface area contributed by atoms with Crippen molar-refractivity contribution in [3.05, 3.63) is 58.6 Å². The molecule has 0 saturated carbocycles. The highest BCUT2D eigenvalue weighted by molar-refractivity contribution is 9.10. The molecule has 0 aromatic heterocycles. The zero-order valence-electron chi connectivity index (χ0n) is 15.0. The zero-order valence-corrected chi connectivity index (χ0v) is 16.6. The Kier molecular flexibility index (Phi) is 4.76. The minimum atomic E-state index is -1.07. The summed E-state index contributed by atoms with van der Waals surface area (Å²) in [5, 5.41) is 11.8. The molecule has 1 atom stereocenters. The lowest BCUT2D eigenvalue weighted by Crippen LogP contribution is -2.47. The van der Waals surface area contributed by atoms with Crippen molar-refractivity contribution in [3.8, 4) is 5.75 Å². The quantitative estimate of drug-likeness (QED) is 0.766. The Hall–Kier alpha value is -1.85. The number of nitrogens with zero attached hydrogens (tertiary/aromatic N) is 2. The Morgan fingerprint density at radius 1 is 1.04 bits per heavy atom. The van der Waals surface area contributed by atoms with Gasteiger partial charge in [-0.1, -0.05) is 28.1 Å². The smallest absolute Gasteiger partial charge is 0.275 e. The molecule has 4 nitrogen and oxygen atoms in total. The lowest BCUT2D eigenvalue weighted by Gasteiger charge is -2.29. The number of halogens is 1. The molecular weight excluding hydrogens is 392 g/mol. The van der Waals surface area contributed by atoms with E-state index in [1.54, 1.807) is 7.11 Å². The summed E-state index contributed by atoms with van der Waals surface area (Å²) >= 11 is 3.49. The first-order valence-corrected chi connectivity index (χ1v) is 9.94. The maximum absolute atomic E-state index is 11.8. The van der Waals surface area contributed by atoms with Crippen LogP contribution in [-0.2, 0) is 5.72 Å². The fourth-order valence-electron chi connectivity index (χ4n) is 4.05. The standard InChI is InChI=1S/C21H24BrN2O2/c1-26-19-12-10-18(11-13-19)24-20-5-3-2-4-14-23(20)15-21(24,25)16-6-8-17(22)9-7-16/h6-13,25H,2-5,14-15H2,1H3/q+1/t21-/m1/s1. The number of benzene rings is 2. The van der Waals surface area contributed by atoms with E-state index in [9.17, 15) is 5.11 Å². The molecule has 0 saturated heterocycles. The summed E-state index contributed by atoms with van der Waals surface area (Å²) < 4.78 is 8.68. The van der Waals surface area contributed by atoms with Crippen LogP contribution in [0.2, 0.25) is 0 Å². The molecule has 1 N–H and O–H groups in total. The van der Waals surface area contributed by atoms with Crippen LogP contribution >= 0.6 is 15.9 Å². The van der Waals surface area contributed by atoms with E-state index < -0.39 is 5.72 Å². The summed E-state index contributed by atoms with van der Waals surface area (Å²) in [7, 11) is 1.67. The van der Waals surface area contributed by atoms with Crippen LogP contribution in [0.4, 0.5) is 5.69 Å². The van der Waals surface area contributed by atoms with Gasteiger partial charge in [-0.05, 0) is 55.7 Å². The minimum Gasteiger partial charge on any atom is -0.497 e. The van der Waals surface area contributed by atoms with Crippen LogP contribution in [0, 0.1) is 0 Å². The second-order valence-corrected chi connectivity index (χ2v) is 7.92. The van der Waals surface area contributed by atoms with E-state index in [1.165, 1.54) is 18.7 Å². The molecule has 0 spiro atoms. The van der Waals surface area contributed by atoms with Gasteiger partial charge in [0.05, 0.1) is 13.7 Å². The number of aliphatic hydroxyl groups is 1. The van der Waals surface area contributed by atoms with Crippen molar-refractivity contribution in [2.24, 2.45) is 0 Å². The van der Waals surface area contributed by atoms with Crippen molar-refractivity contribution in [3.63, 3.8) is 0 Å². The van der Waals surface area contributed by atoms with Gasteiger partial charge in [0, 0.05) is 16.5 Å². The Morgan fingerprint density at radius 3 is 2.46 bits per heavy atom. The predicted octanol–water partition coefficient (Wildman–Crippen LogP) is 4.11. The second-order valence-electron chi connectivity index (χ2n) is 7.01. The van der Waals surface area contributed by atoms with Crippen molar-refractivity contribution < 1.29 is 14.4 Å². The summed E-state index contributed by atoms with van der Waals surface area (Å²) in [6, 6.07) is 16.0. The fraction of sp³-hybridized carbons (Fsp3) is 0.381. The maximum atomic E-state index is 11.8. The van der Waals surface area contributed by atoms with E-state index in [4.69, 9.17) is 4.74 Å². The highest BCUT2D eigenvalue weighted by Gasteiger charge is 2.53. The molecule has 2 aromatic rings.